The van der Waals surface area contributed by atoms with Crippen LogP contribution in [0.1, 0.15) is 35.2 Å². The minimum absolute atomic E-state index is 0.0450. The number of halogens is 5. The van der Waals surface area contributed by atoms with Crippen LogP contribution in [0.25, 0.3) is 0 Å². The van der Waals surface area contributed by atoms with Crippen molar-refractivity contribution < 1.29 is 27.1 Å². The summed E-state index contributed by atoms with van der Waals surface area (Å²) in [6.07, 6.45) is -1.96. The molecule has 36 heavy (non-hydrogen) atoms. The molecule has 2 aromatic carbocycles. The lowest BCUT2D eigenvalue weighted by Crippen LogP contribution is -2.55. The minimum atomic E-state index is -4.78. The van der Waals surface area contributed by atoms with E-state index in [4.69, 9.17) is 4.74 Å². The standard InChI is InChI=1S/C26H24F4IN3O2/c27-20-13-18(12-19(14-20)26(28,29)30)25(15-17-4-2-1-3-5-17,23-7-6-21(31)16-32-23)34-24(35)33-22-8-10-36-11-9-22/h1-7,12-14,16,22H,8-11,15H2,(H2,33,34,35)/t25-/m0/s1. The zero-order valence-electron chi connectivity index (χ0n) is 19.1. The van der Waals surface area contributed by atoms with Crippen molar-refractivity contribution in [2.45, 2.75) is 37.0 Å². The number of nitrogens with one attached hydrogen (secondary N) is 2. The van der Waals surface area contributed by atoms with Crippen LogP contribution in [0.2, 0.25) is 0 Å². The molecule has 0 radical (unpaired) electrons. The largest absolute Gasteiger partial charge is 0.416 e. The molecule has 1 saturated heterocycles. The summed E-state index contributed by atoms with van der Waals surface area (Å²) in [6, 6.07) is 13.9. The second kappa shape index (κ2) is 11.1. The second-order valence-corrected chi connectivity index (χ2v) is 9.89. The highest BCUT2D eigenvalue weighted by Crippen LogP contribution is 2.37. The maximum Gasteiger partial charge on any atom is 0.416 e. The Morgan fingerprint density at radius 3 is 2.36 bits per heavy atom. The fourth-order valence-corrected chi connectivity index (χ4v) is 4.63. The number of aromatic nitrogens is 1. The summed E-state index contributed by atoms with van der Waals surface area (Å²) in [5.41, 5.74) is -1.79. The normalized spacial score (nSPS) is 16.2. The smallest absolute Gasteiger partial charge is 0.381 e. The Balaban J connectivity index is 1.86. The number of urea groups is 1. The van der Waals surface area contributed by atoms with E-state index in [9.17, 15) is 22.4 Å². The van der Waals surface area contributed by atoms with Crippen LogP contribution in [-0.2, 0) is 22.9 Å². The third kappa shape index (κ3) is 6.33. The van der Waals surface area contributed by atoms with Crippen molar-refractivity contribution in [3.63, 3.8) is 0 Å². The van der Waals surface area contributed by atoms with Gasteiger partial charge in [0.25, 0.3) is 0 Å². The summed E-state index contributed by atoms with van der Waals surface area (Å²) in [4.78, 5) is 17.8. The SMILES string of the molecule is O=C(NC1CCOCC1)N[C@@](Cc1ccccc1)(c1cc(F)cc(C(F)(F)F)c1)c1ccc(I)cn1. The van der Waals surface area contributed by atoms with Crippen LogP contribution in [0.15, 0.2) is 66.9 Å². The number of alkyl halides is 3. The minimum Gasteiger partial charge on any atom is -0.381 e. The van der Waals surface area contributed by atoms with Gasteiger partial charge >= 0.3 is 12.2 Å². The first-order chi connectivity index (χ1) is 17.2. The number of carbonyl (C=O) groups is 1. The Bertz CT molecular complexity index is 1190. The van der Waals surface area contributed by atoms with E-state index in [1.54, 1.807) is 42.6 Å². The van der Waals surface area contributed by atoms with Crippen LogP contribution in [0.3, 0.4) is 0 Å². The summed E-state index contributed by atoms with van der Waals surface area (Å²) in [6.45, 7) is 0.995. The van der Waals surface area contributed by atoms with Crippen LogP contribution < -0.4 is 10.6 Å². The summed E-state index contributed by atoms with van der Waals surface area (Å²) in [5.74, 6) is -1.06. The van der Waals surface area contributed by atoms with Gasteiger partial charge in [0.15, 0.2) is 0 Å². The third-order valence-corrected chi connectivity index (χ3v) is 6.72. The van der Waals surface area contributed by atoms with Crippen LogP contribution in [0.5, 0.6) is 0 Å². The molecule has 0 aliphatic carbocycles. The molecule has 1 aliphatic heterocycles. The van der Waals surface area contributed by atoms with Gasteiger partial charge in [0.2, 0.25) is 0 Å². The van der Waals surface area contributed by atoms with E-state index in [0.717, 1.165) is 21.3 Å². The highest BCUT2D eigenvalue weighted by Gasteiger charge is 2.41. The number of rotatable bonds is 6. The predicted molar refractivity (Wildman–Crippen MR) is 135 cm³/mol. The molecule has 1 fully saturated rings. The molecule has 10 heteroatoms. The molecule has 1 aliphatic rings. The van der Waals surface area contributed by atoms with Crippen molar-refractivity contribution in [3.8, 4) is 0 Å². The number of ether oxygens (including phenoxy) is 1. The quantitative estimate of drug-likeness (QED) is 0.273. The van der Waals surface area contributed by atoms with Gasteiger partial charge in [-0.25, -0.2) is 9.18 Å². The summed E-state index contributed by atoms with van der Waals surface area (Å²) in [7, 11) is 0. The molecular weight excluding hydrogens is 589 g/mol. The number of carbonyl (C=O) groups excluding carboxylic acids is 1. The molecule has 190 valence electrons. The van der Waals surface area contributed by atoms with Crippen molar-refractivity contribution >= 4 is 28.6 Å². The fraction of sp³-hybridized carbons (Fsp3) is 0.308. The first-order valence-corrected chi connectivity index (χ1v) is 12.4. The summed E-state index contributed by atoms with van der Waals surface area (Å²) < 4.78 is 61.9. The molecule has 2 N–H and O–H groups in total. The van der Waals surface area contributed by atoms with E-state index < -0.39 is 29.1 Å². The summed E-state index contributed by atoms with van der Waals surface area (Å²) in [5, 5.41) is 5.79. The molecule has 0 bridgehead atoms. The van der Waals surface area contributed by atoms with E-state index in [0.29, 0.717) is 32.1 Å². The van der Waals surface area contributed by atoms with Crippen LogP contribution in [-0.4, -0.2) is 30.3 Å². The Morgan fingerprint density at radius 2 is 1.72 bits per heavy atom. The van der Waals surface area contributed by atoms with Crippen LogP contribution >= 0.6 is 22.6 Å². The highest BCUT2D eigenvalue weighted by atomic mass is 127. The van der Waals surface area contributed by atoms with Gasteiger partial charge in [0.05, 0.1) is 11.3 Å². The van der Waals surface area contributed by atoms with Gasteiger partial charge < -0.3 is 15.4 Å². The monoisotopic (exact) mass is 613 g/mol. The van der Waals surface area contributed by atoms with E-state index in [-0.39, 0.29) is 23.7 Å². The maximum atomic E-state index is 14.7. The van der Waals surface area contributed by atoms with Gasteiger partial charge in [-0.2, -0.15) is 13.2 Å². The Morgan fingerprint density at radius 1 is 1.03 bits per heavy atom. The van der Waals surface area contributed by atoms with E-state index in [1.807, 2.05) is 6.07 Å². The molecule has 3 aromatic rings. The number of amides is 2. The van der Waals surface area contributed by atoms with Gasteiger partial charge in [-0.1, -0.05) is 30.3 Å². The Labute approximate surface area is 219 Å². The van der Waals surface area contributed by atoms with Gasteiger partial charge in [-0.05, 0) is 76.9 Å². The fourth-order valence-electron chi connectivity index (χ4n) is 4.31. The number of nitrogens with zero attached hydrogens (tertiary/aromatic N) is 1. The van der Waals surface area contributed by atoms with Crippen LogP contribution in [0.4, 0.5) is 22.4 Å². The van der Waals surface area contributed by atoms with Gasteiger partial charge in [0, 0.05) is 35.4 Å². The van der Waals surface area contributed by atoms with Gasteiger partial charge in [-0.15, -0.1) is 0 Å². The zero-order valence-corrected chi connectivity index (χ0v) is 21.3. The number of benzene rings is 2. The average Bonchev–Trinajstić information content (AvgIpc) is 2.84. The van der Waals surface area contributed by atoms with E-state index in [1.165, 1.54) is 0 Å². The second-order valence-electron chi connectivity index (χ2n) is 8.64. The van der Waals surface area contributed by atoms with E-state index in [2.05, 4.69) is 38.2 Å². The van der Waals surface area contributed by atoms with Crippen molar-refractivity contribution in [1.82, 2.24) is 15.6 Å². The van der Waals surface area contributed by atoms with Crippen LogP contribution in [0, 0.1) is 9.39 Å². The molecule has 5 nitrogen and oxygen atoms in total. The molecular formula is C26H24F4IN3O2. The zero-order chi connectivity index (χ0) is 25.8. The highest BCUT2D eigenvalue weighted by molar-refractivity contribution is 14.1. The van der Waals surface area contributed by atoms with Gasteiger partial charge in [-0.3, -0.25) is 4.98 Å². The van der Waals surface area contributed by atoms with Crippen molar-refractivity contribution in [2.24, 2.45) is 0 Å². The number of hydrogen-bond donors (Lipinski definition) is 2. The molecule has 4 rings (SSSR count). The molecule has 1 aromatic heterocycles. The maximum absolute atomic E-state index is 14.7. The van der Waals surface area contributed by atoms with Gasteiger partial charge in [0.1, 0.15) is 11.4 Å². The lowest BCUT2D eigenvalue weighted by molar-refractivity contribution is -0.137. The molecule has 2 amide bonds. The van der Waals surface area contributed by atoms with Crippen molar-refractivity contribution in [2.75, 3.05) is 13.2 Å². The molecule has 0 spiro atoms. The molecule has 0 unspecified atom stereocenters. The third-order valence-electron chi connectivity index (χ3n) is 6.08. The topological polar surface area (TPSA) is 63.2 Å². The first kappa shape index (κ1) is 26.3. The average molecular weight is 613 g/mol. The number of pyridine rings is 1. The first-order valence-electron chi connectivity index (χ1n) is 11.4. The lowest BCUT2D eigenvalue weighted by atomic mass is 9.79. The Hall–Kier alpha value is -2.73. The number of hydrogen-bond acceptors (Lipinski definition) is 3. The Kier molecular flexibility index (Phi) is 8.13. The van der Waals surface area contributed by atoms with E-state index >= 15 is 0 Å². The summed E-state index contributed by atoms with van der Waals surface area (Å²) >= 11 is 2.06. The molecule has 1 atom stereocenters. The molecule has 2 heterocycles. The van der Waals surface area contributed by atoms with Crippen molar-refractivity contribution in [3.05, 3.63) is 98.6 Å². The van der Waals surface area contributed by atoms with Crippen molar-refractivity contribution in [1.29, 1.82) is 0 Å². The lowest BCUT2D eigenvalue weighted by Gasteiger charge is -2.36. The predicted octanol–water partition coefficient (Wildman–Crippen LogP) is 5.81. The molecule has 0 saturated carbocycles.